The number of aliphatic hydroxyl groups is 1. The summed E-state index contributed by atoms with van der Waals surface area (Å²) in [5, 5.41) is 12.4. The van der Waals surface area contributed by atoms with E-state index in [-0.39, 0.29) is 12.6 Å². The molecule has 0 amide bonds. The summed E-state index contributed by atoms with van der Waals surface area (Å²) in [7, 11) is 0. The summed E-state index contributed by atoms with van der Waals surface area (Å²) in [6.45, 7) is 2.12. The summed E-state index contributed by atoms with van der Waals surface area (Å²) in [6, 6.07) is 9.72. The molecule has 2 aromatic rings. The Kier molecular flexibility index (Phi) is 4.50. The highest BCUT2D eigenvalue weighted by atomic mass is 16.5. The summed E-state index contributed by atoms with van der Waals surface area (Å²) in [5.41, 5.74) is 8.70. The molecule has 0 bridgehead atoms. The van der Waals surface area contributed by atoms with Crippen molar-refractivity contribution in [2.45, 2.75) is 25.5 Å². The number of aromatic nitrogens is 2. The molecule has 1 fully saturated rings. The van der Waals surface area contributed by atoms with E-state index in [4.69, 9.17) is 10.5 Å². The Morgan fingerprint density at radius 1 is 1.27 bits per heavy atom. The van der Waals surface area contributed by atoms with E-state index in [9.17, 15) is 5.11 Å². The van der Waals surface area contributed by atoms with Crippen LogP contribution in [0.2, 0.25) is 0 Å². The Labute approximate surface area is 129 Å². The zero-order valence-electron chi connectivity index (χ0n) is 12.3. The van der Waals surface area contributed by atoms with Crippen LogP contribution in [0.4, 0.5) is 11.8 Å². The molecule has 0 radical (unpaired) electrons. The van der Waals surface area contributed by atoms with E-state index in [0.29, 0.717) is 24.9 Å². The van der Waals surface area contributed by atoms with Crippen molar-refractivity contribution in [2.75, 3.05) is 24.3 Å². The molecule has 22 heavy (non-hydrogen) atoms. The van der Waals surface area contributed by atoms with Gasteiger partial charge in [-0.05, 0) is 17.5 Å². The van der Waals surface area contributed by atoms with Crippen molar-refractivity contribution in [2.24, 2.45) is 0 Å². The fourth-order valence-corrected chi connectivity index (χ4v) is 2.58. The quantitative estimate of drug-likeness (QED) is 0.777. The molecule has 4 N–H and O–H groups in total. The van der Waals surface area contributed by atoms with Crippen molar-refractivity contribution in [3.8, 4) is 0 Å². The second kappa shape index (κ2) is 6.72. The molecule has 116 valence electrons. The van der Waals surface area contributed by atoms with Crippen LogP contribution < -0.4 is 11.1 Å². The van der Waals surface area contributed by atoms with Gasteiger partial charge in [-0.3, -0.25) is 0 Å². The summed E-state index contributed by atoms with van der Waals surface area (Å²) < 4.78 is 5.40. The number of benzene rings is 1. The van der Waals surface area contributed by atoms with Crippen molar-refractivity contribution in [1.82, 2.24) is 9.97 Å². The number of nitrogens with zero attached hydrogens (tertiary/aromatic N) is 2. The fourth-order valence-electron chi connectivity index (χ4n) is 2.58. The Balaban J connectivity index is 1.71. The van der Waals surface area contributed by atoms with Gasteiger partial charge in [-0.25, -0.2) is 4.98 Å². The largest absolute Gasteiger partial charge is 0.392 e. The first-order valence-corrected chi connectivity index (χ1v) is 7.39. The maximum atomic E-state index is 9.17. The van der Waals surface area contributed by atoms with Gasteiger partial charge in [0.05, 0.1) is 18.9 Å². The highest BCUT2D eigenvalue weighted by Crippen LogP contribution is 2.25. The van der Waals surface area contributed by atoms with Gasteiger partial charge in [-0.1, -0.05) is 24.3 Å². The number of nitrogen functional groups attached to an aromatic ring is 1. The summed E-state index contributed by atoms with van der Waals surface area (Å²) in [5.74, 6) is 1.28. The van der Waals surface area contributed by atoms with Crippen molar-refractivity contribution in [1.29, 1.82) is 0 Å². The predicted octanol–water partition coefficient (Wildman–Crippen LogP) is 1.67. The van der Waals surface area contributed by atoms with Gasteiger partial charge < -0.3 is 20.9 Å². The molecule has 1 aliphatic heterocycles. The minimum Gasteiger partial charge on any atom is -0.392 e. The minimum absolute atomic E-state index is 0.0418. The second-order valence-electron chi connectivity index (χ2n) is 5.43. The van der Waals surface area contributed by atoms with Crippen LogP contribution in [0.25, 0.3) is 0 Å². The van der Waals surface area contributed by atoms with Crippen molar-refractivity contribution in [3.63, 3.8) is 0 Å². The summed E-state index contributed by atoms with van der Waals surface area (Å²) in [4.78, 5) is 8.54. The lowest BCUT2D eigenvalue weighted by Gasteiger charge is -2.11. The third kappa shape index (κ3) is 3.52. The predicted molar refractivity (Wildman–Crippen MR) is 84.3 cm³/mol. The van der Waals surface area contributed by atoms with Gasteiger partial charge in [0.2, 0.25) is 5.95 Å². The van der Waals surface area contributed by atoms with Gasteiger partial charge in [0, 0.05) is 25.1 Å². The molecule has 1 aromatic carbocycles. The van der Waals surface area contributed by atoms with E-state index in [1.807, 2.05) is 30.3 Å². The zero-order chi connectivity index (χ0) is 15.4. The van der Waals surface area contributed by atoms with Gasteiger partial charge in [0.1, 0.15) is 5.82 Å². The Bertz CT molecular complexity index is 642. The number of anilines is 2. The van der Waals surface area contributed by atoms with Crippen molar-refractivity contribution in [3.05, 3.63) is 47.2 Å². The molecule has 0 unspecified atom stereocenters. The van der Waals surface area contributed by atoms with Crippen LogP contribution in [0.3, 0.4) is 0 Å². The molecular weight excluding hydrogens is 280 g/mol. The van der Waals surface area contributed by atoms with Crippen molar-refractivity contribution >= 4 is 11.8 Å². The molecular formula is C16H20N4O2. The molecule has 0 aliphatic carbocycles. The normalized spacial score (nSPS) is 17.6. The summed E-state index contributed by atoms with van der Waals surface area (Å²) >= 11 is 0. The van der Waals surface area contributed by atoms with Crippen LogP contribution in [0.15, 0.2) is 30.3 Å². The van der Waals surface area contributed by atoms with Crippen LogP contribution in [-0.4, -0.2) is 28.3 Å². The molecule has 6 heteroatoms. The fraction of sp³-hybridized carbons (Fsp3) is 0.375. The number of hydrogen-bond acceptors (Lipinski definition) is 6. The molecule has 0 saturated carbocycles. The third-order valence-corrected chi connectivity index (χ3v) is 3.76. The molecule has 1 aliphatic rings. The first-order valence-electron chi connectivity index (χ1n) is 7.39. The second-order valence-corrected chi connectivity index (χ2v) is 5.43. The molecule has 6 nitrogen and oxygen atoms in total. The number of aliphatic hydroxyl groups excluding tert-OH is 1. The van der Waals surface area contributed by atoms with Gasteiger partial charge in [-0.15, -0.1) is 0 Å². The lowest BCUT2D eigenvalue weighted by Crippen LogP contribution is -2.09. The van der Waals surface area contributed by atoms with E-state index in [1.165, 1.54) is 0 Å². The van der Waals surface area contributed by atoms with E-state index in [1.54, 1.807) is 0 Å². The average molecular weight is 300 g/mol. The van der Waals surface area contributed by atoms with E-state index < -0.39 is 0 Å². The third-order valence-electron chi connectivity index (χ3n) is 3.76. The van der Waals surface area contributed by atoms with Gasteiger partial charge in [0.25, 0.3) is 0 Å². The van der Waals surface area contributed by atoms with Gasteiger partial charge in [0.15, 0.2) is 0 Å². The topological polar surface area (TPSA) is 93.3 Å². The average Bonchev–Trinajstić information content (AvgIpc) is 3.07. The van der Waals surface area contributed by atoms with Crippen LogP contribution in [0.5, 0.6) is 0 Å². The lowest BCUT2D eigenvalue weighted by atomic mass is 10.0. The van der Waals surface area contributed by atoms with Gasteiger partial charge in [-0.2, -0.15) is 4.98 Å². The molecule has 0 spiro atoms. The number of hydrogen-bond donors (Lipinski definition) is 3. The lowest BCUT2D eigenvalue weighted by molar-refractivity contribution is 0.193. The van der Waals surface area contributed by atoms with Crippen LogP contribution >= 0.6 is 0 Å². The van der Waals surface area contributed by atoms with Crippen molar-refractivity contribution < 1.29 is 9.84 Å². The molecule has 1 aromatic heterocycles. The monoisotopic (exact) mass is 300 g/mol. The molecule has 1 atom stereocenters. The minimum atomic E-state index is 0.0418. The first kappa shape index (κ1) is 14.7. The highest BCUT2D eigenvalue weighted by Gasteiger charge is 2.20. The number of ether oxygens (including phenoxy) is 1. The van der Waals surface area contributed by atoms with E-state index in [2.05, 4.69) is 15.3 Å². The smallest absolute Gasteiger partial charge is 0.222 e. The maximum Gasteiger partial charge on any atom is 0.222 e. The molecule has 3 rings (SSSR count). The van der Waals surface area contributed by atoms with E-state index >= 15 is 0 Å². The van der Waals surface area contributed by atoms with E-state index in [0.717, 1.165) is 29.8 Å². The number of rotatable bonds is 5. The Morgan fingerprint density at radius 2 is 2.14 bits per heavy atom. The summed E-state index contributed by atoms with van der Waals surface area (Å²) in [6.07, 6.45) is 0.967. The zero-order valence-corrected chi connectivity index (χ0v) is 12.3. The first-order chi connectivity index (χ1) is 10.7. The number of nitrogens with one attached hydrogen (secondary N) is 1. The highest BCUT2D eigenvalue weighted by molar-refractivity contribution is 5.42. The van der Waals surface area contributed by atoms with Crippen LogP contribution in [0.1, 0.15) is 29.2 Å². The number of nitrogens with two attached hydrogens (primary N) is 1. The Morgan fingerprint density at radius 3 is 2.91 bits per heavy atom. The molecule has 2 heterocycles. The standard InChI is InChI=1S/C16H20N4O2/c17-16-19-14(13-4-5-22-10-13)7-15(20-16)18-8-11-2-1-3-12(6-11)9-21/h1-3,6-7,13,21H,4-5,8-10H2,(H3,17,18,19,20)/t13-/m1/s1. The molecule has 1 saturated heterocycles. The van der Waals surface area contributed by atoms with Crippen LogP contribution in [0, 0.1) is 0 Å². The Hall–Kier alpha value is -2.18. The SMILES string of the molecule is Nc1nc(NCc2cccc(CO)c2)cc([C@@H]2CCOC2)n1. The van der Waals surface area contributed by atoms with Crippen LogP contribution in [-0.2, 0) is 17.9 Å². The van der Waals surface area contributed by atoms with Gasteiger partial charge >= 0.3 is 0 Å². The maximum absolute atomic E-state index is 9.17.